The summed E-state index contributed by atoms with van der Waals surface area (Å²) < 4.78 is 15.8. The van der Waals surface area contributed by atoms with Crippen LogP contribution in [0.4, 0.5) is 4.39 Å². The highest BCUT2D eigenvalue weighted by Gasteiger charge is 2.42. The number of hydrogen-bond donors (Lipinski definition) is 0. The molecule has 0 aliphatic carbocycles. The van der Waals surface area contributed by atoms with Crippen LogP contribution in [-0.4, -0.2) is 51.3 Å². The maximum Gasteiger partial charge on any atom is 0.255 e. The minimum Gasteiger partial charge on any atom is -0.338 e. The van der Waals surface area contributed by atoms with Gasteiger partial charge in [0.2, 0.25) is 0 Å². The van der Waals surface area contributed by atoms with Gasteiger partial charge in [0.1, 0.15) is 11.5 Å². The van der Waals surface area contributed by atoms with Crippen LogP contribution in [0.2, 0.25) is 10.0 Å². The first-order chi connectivity index (χ1) is 17.0. The molecule has 178 valence electrons. The second kappa shape index (κ2) is 8.94. The van der Waals surface area contributed by atoms with Crippen molar-refractivity contribution in [3.8, 4) is 11.3 Å². The number of benzene rings is 2. The van der Waals surface area contributed by atoms with Crippen molar-refractivity contribution in [1.29, 1.82) is 0 Å². The summed E-state index contributed by atoms with van der Waals surface area (Å²) in [5, 5.41) is 0.988. The van der Waals surface area contributed by atoms with E-state index in [4.69, 9.17) is 28.2 Å². The molecular formula is C27H23Cl2FN4O. The molecule has 2 aliphatic rings. The summed E-state index contributed by atoms with van der Waals surface area (Å²) in [4.78, 5) is 22.2. The number of hydrogen-bond acceptors (Lipinski definition) is 3. The van der Waals surface area contributed by atoms with E-state index in [-0.39, 0.29) is 16.5 Å². The molecule has 2 aliphatic heterocycles. The molecule has 2 atom stereocenters. The molecule has 8 heteroatoms. The van der Waals surface area contributed by atoms with E-state index >= 15 is 0 Å². The first kappa shape index (κ1) is 22.5. The molecule has 0 N–H and O–H groups in total. The van der Waals surface area contributed by atoms with Crippen molar-refractivity contribution < 1.29 is 9.18 Å². The predicted octanol–water partition coefficient (Wildman–Crippen LogP) is 5.65. The smallest absolute Gasteiger partial charge is 0.255 e. The van der Waals surface area contributed by atoms with Crippen molar-refractivity contribution in [3.05, 3.63) is 94.0 Å². The van der Waals surface area contributed by atoms with Gasteiger partial charge >= 0.3 is 0 Å². The number of imidazole rings is 1. The Morgan fingerprint density at radius 3 is 2.46 bits per heavy atom. The lowest BCUT2D eigenvalue weighted by Gasteiger charge is -2.22. The zero-order valence-corrected chi connectivity index (χ0v) is 20.4. The highest BCUT2D eigenvalue weighted by molar-refractivity contribution is 6.33. The summed E-state index contributed by atoms with van der Waals surface area (Å²) in [6.07, 6.45) is 2.05. The van der Waals surface area contributed by atoms with Gasteiger partial charge in [-0.3, -0.25) is 9.69 Å². The minimum atomic E-state index is -0.451. The van der Waals surface area contributed by atoms with Gasteiger partial charge in [-0.2, -0.15) is 0 Å². The van der Waals surface area contributed by atoms with E-state index in [9.17, 15) is 9.18 Å². The van der Waals surface area contributed by atoms with E-state index in [1.54, 1.807) is 0 Å². The van der Waals surface area contributed by atoms with E-state index in [0.29, 0.717) is 29.9 Å². The third-order valence-electron chi connectivity index (χ3n) is 7.13. The molecule has 2 aromatic heterocycles. The number of nitrogens with zero attached hydrogens (tertiary/aromatic N) is 4. The number of aromatic nitrogens is 2. The van der Waals surface area contributed by atoms with Crippen LogP contribution >= 0.6 is 23.2 Å². The molecule has 0 bridgehead atoms. The molecule has 2 aromatic carbocycles. The van der Waals surface area contributed by atoms with Gasteiger partial charge in [0.05, 0.1) is 22.0 Å². The van der Waals surface area contributed by atoms with E-state index in [1.807, 2.05) is 47.4 Å². The van der Waals surface area contributed by atoms with Crippen molar-refractivity contribution in [1.82, 2.24) is 19.2 Å². The van der Waals surface area contributed by atoms with E-state index in [1.165, 1.54) is 18.2 Å². The normalized spacial score (nSPS) is 20.0. The number of halogens is 3. The molecule has 4 aromatic rings. The molecule has 35 heavy (non-hydrogen) atoms. The third kappa shape index (κ3) is 4.20. The Morgan fingerprint density at radius 1 is 0.971 bits per heavy atom. The lowest BCUT2D eigenvalue weighted by Crippen LogP contribution is -2.33. The molecule has 2 unspecified atom stereocenters. The molecule has 0 radical (unpaired) electrons. The maximum atomic E-state index is 13.7. The van der Waals surface area contributed by atoms with Crippen molar-refractivity contribution in [2.24, 2.45) is 11.8 Å². The van der Waals surface area contributed by atoms with E-state index in [2.05, 4.69) is 15.5 Å². The fourth-order valence-corrected chi connectivity index (χ4v) is 5.79. The number of carbonyl (C=O) groups is 1. The van der Waals surface area contributed by atoms with Crippen LogP contribution in [0.15, 0.2) is 66.9 Å². The zero-order chi connectivity index (χ0) is 24.1. The number of likely N-dealkylation sites (tertiary alicyclic amines) is 2. The van der Waals surface area contributed by atoms with Crippen molar-refractivity contribution >= 4 is 34.8 Å². The van der Waals surface area contributed by atoms with Crippen LogP contribution in [-0.2, 0) is 6.54 Å². The number of pyridine rings is 1. The number of amides is 1. The van der Waals surface area contributed by atoms with Gasteiger partial charge in [-0.15, -0.1) is 0 Å². The molecule has 0 spiro atoms. The highest BCUT2D eigenvalue weighted by atomic mass is 35.5. The van der Waals surface area contributed by atoms with Crippen LogP contribution in [0.25, 0.3) is 16.9 Å². The van der Waals surface area contributed by atoms with Gasteiger partial charge in [-0.05, 0) is 54.3 Å². The average Bonchev–Trinajstić information content (AvgIpc) is 3.53. The standard InChI is InChI=1S/C27H23Cl2FN4O/c28-20-6-4-17(5-7-20)26-24(34-10-2-1-3-25(34)31-26)16-32-12-18-14-33(15-19(18)13-32)27(35)22-11-21(30)8-9-23(22)29/h1-11,18-19H,12-16H2. The maximum absolute atomic E-state index is 13.7. The Kier molecular flexibility index (Phi) is 5.75. The lowest BCUT2D eigenvalue weighted by atomic mass is 10.0. The van der Waals surface area contributed by atoms with Crippen LogP contribution in [0.5, 0.6) is 0 Å². The van der Waals surface area contributed by atoms with Crippen LogP contribution in [0.3, 0.4) is 0 Å². The fraction of sp³-hybridized carbons (Fsp3) is 0.259. The summed E-state index contributed by atoms with van der Waals surface area (Å²) in [6.45, 7) is 3.87. The Bertz CT molecular complexity index is 1410. The summed E-state index contributed by atoms with van der Waals surface area (Å²) in [6, 6.07) is 17.8. The molecule has 2 saturated heterocycles. The topological polar surface area (TPSA) is 40.9 Å². The van der Waals surface area contributed by atoms with Gasteiger partial charge in [-0.1, -0.05) is 41.4 Å². The van der Waals surface area contributed by atoms with Crippen molar-refractivity contribution in [3.63, 3.8) is 0 Å². The Labute approximate surface area is 212 Å². The molecule has 2 fully saturated rings. The van der Waals surface area contributed by atoms with Gasteiger partial charge in [0.15, 0.2) is 0 Å². The summed E-state index contributed by atoms with van der Waals surface area (Å²) in [5.74, 6) is 0.115. The predicted molar refractivity (Wildman–Crippen MR) is 135 cm³/mol. The summed E-state index contributed by atoms with van der Waals surface area (Å²) in [7, 11) is 0. The van der Waals surface area contributed by atoms with E-state index in [0.717, 1.165) is 42.2 Å². The van der Waals surface area contributed by atoms with Gasteiger partial charge in [0.25, 0.3) is 5.91 Å². The van der Waals surface area contributed by atoms with Gasteiger partial charge in [0, 0.05) is 49.5 Å². The lowest BCUT2D eigenvalue weighted by molar-refractivity contribution is 0.0773. The van der Waals surface area contributed by atoms with Gasteiger partial charge < -0.3 is 9.30 Å². The molecular weight excluding hydrogens is 486 g/mol. The van der Waals surface area contributed by atoms with Crippen molar-refractivity contribution in [2.45, 2.75) is 6.54 Å². The second-order valence-electron chi connectivity index (χ2n) is 9.39. The molecule has 5 nitrogen and oxygen atoms in total. The second-order valence-corrected chi connectivity index (χ2v) is 10.2. The average molecular weight is 509 g/mol. The van der Waals surface area contributed by atoms with Crippen LogP contribution in [0, 0.1) is 17.7 Å². The summed E-state index contributed by atoms with van der Waals surface area (Å²) in [5.41, 5.74) is 4.29. The van der Waals surface area contributed by atoms with Crippen LogP contribution < -0.4 is 0 Å². The van der Waals surface area contributed by atoms with Crippen molar-refractivity contribution in [2.75, 3.05) is 26.2 Å². The summed E-state index contributed by atoms with van der Waals surface area (Å²) >= 11 is 12.3. The monoisotopic (exact) mass is 508 g/mol. The van der Waals surface area contributed by atoms with E-state index < -0.39 is 5.82 Å². The third-order valence-corrected chi connectivity index (χ3v) is 7.71. The Hall–Kier alpha value is -2.93. The first-order valence-corrected chi connectivity index (χ1v) is 12.4. The quantitative estimate of drug-likeness (QED) is 0.357. The number of rotatable bonds is 4. The minimum absolute atomic E-state index is 0.192. The fourth-order valence-electron chi connectivity index (χ4n) is 5.47. The Morgan fingerprint density at radius 2 is 1.71 bits per heavy atom. The number of fused-ring (bicyclic) bond motifs is 2. The SMILES string of the molecule is O=C(c1cc(F)ccc1Cl)N1CC2CN(Cc3c(-c4ccc(Cl)cc4)nc4ccccn34)CC2C1. The first-order valence-electron chi connectivity index (χ1n) is 11.6. The number of carbonyl (C=O) groups excluding carboxylic acids is 1. The largest absolute Gasteiger partial charge is 0.338 e. The zero-order valence-electron chi connectivity index (χ0n) is 18.9. The molecule has 6 rings (SSSR count). The molecule has 0 saturated carbocycles. The molecule has 1 amide bonds. The van der Waals surface area contributed by atoms with Crippen LogP contribution in [0.1, 0.15) is 16.1 Å². The Balaban J connectivity index is 1.20. The highest BCUT2D eigenvalue weighted by Crippen LogP contribution is 2.35. The molecule has 4 heterocycles. The van der Waals surface area contributed by atoms with Gasteiger partial charge in [-0.25, -0.2) is 9.37 Å².